The lowest BCUT2D eigenvalue weighted by Gasteiger charge is -2.21. The predicted molar refractivity (Wildman–Crippen MR) is 220 cm³/mol. The minimum absolute atomic E-state index is 0.913. The van der Waals surface area contributed by atoms with E-state index in [1.807, 2.05) is 73.6 Å². The number of piperidine rings is 1. The van der Waals surface area contributed by atoms with Crippen molar-refractivity contribution >= 4 is 0 Å². The smallest absolute Gasteiger partial charge is 0.115 e. The molecule has 0 unspecified atom stereocenters. The van der Waals surface area contributed by atoms with Crippen molar-refractivity contribution in [3.63, 3.8) is 0 Å². The summed E-state index contributed by atoms with van der Waals surface area (Å²) in [7, 11) is 6.46. The fraction of sp³-hybridized carbons (Fsp3) is 0.615. The number of likely N-dealkylation sites (N-methyl/N-ethyl adjacent to an activating group) is 2. The zero-order valence-corrected chi connectivity index (χ0v) is 34.7. The Bertz CT molecular complexity index is 795. The standard InChI is InChI=1S/C6H13N.C5H12N2.C5H11NO.C5H5N.2C4H4N2.C2H3N3.4C2H6/c1-7-5-3-2-4-6-7;1-7-4-2-6-3-5-7;1-6-2-4-7-5-3-6;1-2-4-6-5-3-1;1-2-6-4-3-5-1;1-2-5-4-6-3-1;1-2-4-5-3-1;4*1-2/h2-6H2,1H3;6H,2-5H2,1H3;2-5H2,1H3;1-5H;2*1-4H;1-2H,(H,3,4,5);4*1-2H3. The summed E-state index contributed by atoms with van der Waals surface area (Å²) in [6, 6.07) is 7.49. The van der Waals surface area contributed by atoms with Crippen LogP contribution in [0.25, 0.3) is 0 Å². The van der Waals surface area contributed by atoms with Crippen LogP contribution in [-0.4, -0.2) is 142 Å². The number of likely N-dealkylation sites (tertiary alicyclic amines) is 1. The van der Waals surface area contributed by atoms with E-state index in [1.54, 1.807) is 68.0 Å². The molecule has 3 saturated heterocycles. The molecule has 0 aliphatic carbocycles. The summed E-state index contributed by atoms with van der Waals surface area (Å²) in [5.41, 5.74) is 0. The van der Waals surface area contributed by atoms with Gasteiger partial charge in [-0.3, -0.25) is 15.0 Å². The molecule has 7 rings (SSSR count). The molecule has 0 saturated carbocycles. The number of nitrogens with zero attached hydrogens (tertiary/aromatic N) is 10. The fourth-order valence-corrected chi connectivity index (χ4v) is 3.47. The van der Waals surface area contributed by atoms with Crippen LogP contribution in [0.2, 0.25) is 0 Å². The lowest BCUT2D eigenvalue weighted by atomic mass is 10.1. The predicted octanol–water partition coefficient (Wildman–Crippen LogP) is 6.52. The molecule has 0 aromatic carbocycles. The van der Waals surface area contributed by atoms with Gasteiger partial charge in [0.1, 0.15) is 6.33 Å². The second-order valence-electron chi connectivity index (χ2n) is 9.81. The summed E-state index contributed by atoms with van der Waals surface area (Å²) in [6.45, 7) is 27.4. The maximum absolute atomic E-state index is 5.10. The van der Waals surface area contributed by atoms with Gasteiger partial charge in [-0.05, 0) is 65.3 Å². The van der Waals surface area contributed by atoms with Crippen molar-refractivity contribution in [1.82, 2.24) is 60.3 Å². The number of aromatic nitrogens is 8. The van der Waals surface area contributed by atoms with Gasteiger partial charge in [-0.15, -0.1) is 0 Å². The van der Waals surface area contributed by atoms with E-state index >= 15 is 0 Å². The van der Waals surface area contributed by atoms with Crippen LogP contribution in [0.3, 0.4) is 0 Å². The summed E-state index contributed by atoms with van der Waals surface area (Å²) in [6.07, 6.45) is 22.4. The second kappa shape index (κ2) is 54.0. The molecule has 52 heavy (non-hydrogen) atoms. The van der Waals surface area contributed by atoms with Gasteiger partial charge in [0.05, 0.1) is 25.6 Å². The Kier molecular flexibility index (Phi) is 57.2. The van der Waals surface area contributed by atoms with Crippen molar-refractivity contribution < 1.29 is 4.74 Å². The Balaban J connectivity index is -0.000000251. The van der Waals surface area contributed by atoms with Crippen LogP contribution in [0.4, 0.5) is 0 Å². The SMILES string of the molecule is CC.CC.CC.CC.CN1CCCCC1.CN1CCNCC1.CN1CCOCC1.c1ccncc1.c1cn[nH]n1.c1cnccn1.c1cncnc1. The molecule has 4 aromatic rings. The number of H-pyrrole nitrogens is 1. The molecule has 4 aromatic heterocycles. The van der Waals surface area contributed by atoms with E-state index in [1.165, 1.54) is 51.8 Å². The minimum Gasteiger partial charge on any atom is -0.379 e. The normalized spacial score (nSPS) is 14.2. The Morgan fingerprint density at radius 2 is 0.827 bits per heavy atom. The monoisotopic (exact) mass is 729 g/mol. The molecule has 3 aliphatic heterocycles. The van der Waals surface area contributed by atoms with Crippen LogP contribution < -0.4 is 5.32 Å². The number of morpholine rings is 1. The molecule has 3 fully saturated rings. The molecular weight excluding hydrogens is 653 g/mol. The largest absolute Gasteiger partial charge is 0.379 e. The third kappa shape index (κ3) is 50.6. The summed E-state index contributed by atoms with van der Waals surface area (Å²) in [4.78, 5) is 25.6. The molecule has 3 aliphatic rings. The number of hydrogen-bond acceptors (Lipinski definition) is 12. The van der Waals surface area contributed by atoms with Crippen LogP contribution in [0, 0.1) is 0 Å². The molecule has 13 nitrogen and oxygen atoms in total. The van der Waals surface area contributed by atoms with Crippen LogP contribution in [-0.2, 0) is 4.74 Å². The van der Waals surface area contributed by atoms with E-state index in [2.05, 4.69) is 81.5 Å². The van der Waals surface area contributed by atoms with E-state index < -0.39 is 0 Å². The Labute approximate surface area is 318 Å². The zero-order valence-electron chi connectivity index (χ0n) is 34.7. The molecule has 0 bridgehead atoms. The Hall–Kier alpha value is -3.75. The second-order valence-corrected chi connectivity index (χ2v) is 9.81. The van der Waals surface area contributed by atoms with E-state index in [0.717, 1.165) is 39.4 Å². The van der Waals surface area contributed by atoms with Gasteiger partial charge in [0.2, 0.25) is 0 Å². The fourth-order valence-electron chi connectivity index (χ4n) is 3.47. The quantitative estimate of drug-likeness (QED) is 0.204. The molecule has 0 radical (unpaired) electrons. The molecular formula is C39H76N12O. The van der Waals surface area contributed by atoms with Gasteiger partial charge in [0, 0.05) is 88.8 Å². The van der Waals surface area contributed by atoms with Crippen molar-refractivity contribution in [2.45, 2.75) is 74.7 Å². The molecule has 13 heteroatoms. The third-order valence-corrected chi connectivity index (χ3v) is 6.01. The van der Waals surface area contributed by atoms with Crippen molar-refractivity contribution in [1.29, 1.82) is 0 Å². The van der Waals surface area contributed by atoms with Crippen LogP contribution >= 0.6 is 0 Å². The van der Waals surface area contributed by atoms with Crippen LogP contribution in [0.5, 0.6) is 0 Å². The number of aromatic amines is 1. The van der Waals surface area contributed by atoms with Crippen molar-refractivity contribution in [3.8, 4) is 0 Å². The van der Waals surface area contributed by atoms with Crippen LogP contribution in [0.1, 0.15) is 74.7 Å². The molecule has 0 atom stereocenters. The first-order chi connectivity index (χ1) is 25.7. The minimum atomic E-state index is 0.913. The molecule has 7 heterocycles. The first kappa shape index (κ1) is 55.0. The summed E-state index contributed by atoms with van der Waals surface area (Å²) >= 11 is 0. The summed E-state index contributed by atoms with van der Waals surface area (Å²) < 4.78 is 5.10. The zero-order chi connectivity index (χ0) is 39.6. The molecule has 0 amide bonds. The summed E-state index contributed by atoms with van der Waals surface area (Å²) in [5, 5.41) is 12.6. The van der Waals surface area contributed by atoms with Crippen LogP contribution in [0.15, 0.2) is 92.6 Å². The molecule has 2 N–H and O–H groups in total. The Morgan fingerprint density at radius 1 is 0.423 bits per heavy atom. The van der Waals surface area contributed by atoms with Crippen molar-refractivity contribution in [2.24, 2.45) is 0 Å². The van der Waals surface area contributed by atoms with Gasteiger partial charge in [-0.25, -0.2) is 9.97 Å². The first-order valence-corrected chi connectivity index (χ1v) is 19.1. The lowest BCUT2D eigenvalue weighted by molar-refractivity contribution is 0.0503. The van der Waals surface area contributed by atoms with Gasteiger partial charge < -0.3 is 24.8 Å². The van der Waals surface area contributed by atoms with Gasteiger partial charge in [-0.1, -0.05) is 67.9 Å². The highest BCUT2D eigenvalue weighted by molar-refractivity contribution is 4.88. The average molecular weight is 729 g/mol. The topological polar surface area (TPSA) is 137 Å². The van der Waals surface area contributed by atoms with Gasteiger partial charge >= 0.3 is 0 Å². The van der Waals surface area contributed by atoms with E-state index in [-0.39, 0.29) is 0 Å². The maximum Gasteiger partial charge on any atom is 0.115 e. The molecule has 0 spiro atoms. The number of nitrogens with one attached hydrogen (secondary N) is 2. The van der Waals surface area contributed by atoms with Crippen molar-refractivity contribution in [2.75, 3.05) is 86.7 Å². The van der Waals surface area contributed by atoms with E-state index in [4.69, 9.17) is 4.74 Å². The van der Waals surface area contributed by atoms with Gasteiger partial charge in [0.15, 0.2) is 0 Å². The van der Waals surface area contributed by atoms with Crippen molar-refractivity contribution in [3.05, 3.63) is 92.6 Å². The first-order valence-electron chi connectivity index (χ1n) is 19.1. The van der Waals surface area contributed by atoms with Gasteiger partial charge in [0.25, 0.3) is 0 Å². The average Bonchev–Trinajstić information content (AvgIpc) is 3.86. The lowest BCUT2D eigenvalue weighted by Crippen LogP contribution is -2.40. The number of hydrogen-bond donors (Lipinski definition) is 2. The number of ether oxygens (including phenoxy) is 1. The number of piperazine rings is 1. The van der Waals surface area contributed by atoms with E-state index in [9.17, 15) is 0 Å². The highest BCUT2D eigenvalue weighted by Gasteiger charge is 2.03. The highest BCUT2D eigenvalue weighted by Crippen LogP contribution is 2.04. The molecule has 298 valence electrons. The highest BCUT2D eigenvalue weighted by atomic mass is 16.5. The summed E-state index contributed by atoms with van der Waals surface area (Å²) in [5.74, 6) is 0. The number of pyridine rings is 1. The van der Waals surface area contributed by atoms with Gasteiger partial charge in [-0.2, -0.15) is 15.4 Å². The van der Waals surface area contributed by atoms with E-state index in [0.29, 0.717) is 0 Å². The maximum atomic E-state index is 5.10. The third-order valence-electron chi connectivity index (χ3n) is 6.01. The number of rotatable bonds is 0. The Morgan fingerprint density at radius 3 is 1.02 bits per heavy atom.